The fraction of sp³-hybridized carbons (Fsp3) is 0. The Balaban J connectivity index is 1.66. The average Bonchev–Trinajstić information content (AvgIpc) is 2.71. The third-order valence-corrected chi connectivity index (χ3v) is 5.96. The molecule has 2 N–H and O–H groups in total. The van der Waals surface area contributed by atoms with E-state index in [1.165, 1.54) is 24.3 Å². The SMILES string of the molecule is O=S(=O)(O)c1ccc(C=Cc2ccc(C=Cc3ccc(S(=O)(=O)O)cc3)cc2)cc1. The van der Waals surface area contributed by atoms with Gasteiger partial charge >= 0.3 is 0 Å². The molecule has 6 nitrogen and oxygen atoms in total. The predicted molar refractivity (Wildman–Crippen MR) is 117 cm³/mol. The quantitative estimate of drug-likeness (QED) is 0.429. The Morgan fingerprint density at radius 3 is 0.833 bits per heavy atom. The van der Waals surface area contributed by atoms with Gasteiger partial charge in [-0.2, -0.15) is 16.8 Å². The van der Waals surface area contributed by atoms with Gasteiger partial charge in [0.05, 0.1) is 9.79 Å². The van der Waals surface area contributed by atoms with Crippen LogP contribution in [0.4, 0.5) is 0 Å². The second-order valence-corrected chi connectivity index (χ2v) is 9.26. The summed E-state index contributed by atoms with van der Waals surface area (Å²) in [6.07, 6.45) is 7.42. The molecule has 0 aliphatic carbocycles. The van der Waals surface area contributed by atoms with Gasteiger partial charge in [0.2, 0.25) is 0 Å². The van der Waals surface area contributed by atoms with Crippen molar-refractivity contribution in [1.29, 1.82) is 0 Å². The maximum Gasteiger partial charge on any atom is 0.294 e. The molecular formula is C22H18O6S2. The van der Waals surface area contributed by atoms with Crippen LogP contribution < -0.4 is 0 Å². The molecule has 0 atom stereocenters. The second kappa shape index (κ2) is 8.76. The zero-order valence-electron chi connectivity index (χ0n) is 15.6. The van der Waals surface area contributed by atoms with Crippen molar-refractivity contribution in [2.75, 3.05) is 0 Å². The number of benzene rings is 3. The summed E-state index contributed by atoms with van der Waals surface area (Å²) in [5.74, 6) is 0. The van der Waals surface area contributed by atoms with E-state index in [1.54, 1.807) is 24.3 Å². The van der Waals surface area contributed by atoms with Gasteiger partial charge in [-0.3, -0.25) is 9.11 Å². The van der Waals surface area contributed by atoms with Gasteiger partial charge in [-0.05, 0) is 46.5 Å². The maximum absolute atomic E-state index is 11.1. The lowest BCUT2D eigenvalue weighted by atomic mass is 10.1. The fourth-order valence-corrected chi connectivity index (χ4v) is 3.56. The third-order valence-electron chi connectivity index (χ3n) is 4.23. The largest absolute Gasteiger partial charge is 0.294 e. The summed E-state index contributed by atoms with van der Waals surface area (Å²) in [7, 11) is -8.39. The molecule has 0 unspecified atom stereocenters. The molecule has 0 aliphatic heterocycles. The minimum absolute atomic E-state index is 0.150. The normalized spacial score (nSPS) is 12.6. The van der Waals surface area contributed by atoms with Crippen LogP contribution in [0, 0.1) is 0 Å². The molecule has 154 valence electrons. The van der Waals surface area contributed by atoms with E-state index < -0.39 is 20.2 Å². The highest BCUT2D eigenvalue weighted by atomic mass is 32.2. The molecule has 0 spiro atoms. The van der Waals surface area contributed by atoms with Gasteiger partial charge in [-0.25, -0.2) is 0 Å². The van der Waals surface area contributed by atoms with Crippen LogP contribution in [0.3, 0.4) is 0 Å². The molecule has 0 fully saturated rings. The molecule has 0 saturated carbocycles. The van der Waals surface area contributed by atoms with Gasteiger partial charge in [0, 0.05) is 0 Å². The van der Waals surface area contributed by atoms with Gasteiger partial charge in [-0.15, -0.1) is 0 Å². The highest BCUT2D eigenvalue weighted by molar-refractivity contribution is 7.86. The molecule has 0 bridgehead atoms. The van der Waals surface area contributed by atoms with Gasteiger partial charge in [0.1, 0.15) is 0 Å². The minimum atomic E-state index is -4.19. The van der Waals surface area contributed by atoms with Gasteiger partial charge in [0.15, 0.2) is 0 Å². The molecule has 8 heteroatoms. The molecule has 0 aliphatic rings. The van der Waals surface area contributed by atoms with Crippen molar-refractivity contribution < 1.29 is 25.9 Å². The Morgan fingerprint density at radius 2 is 0.633 bits per heavy atom. The Morgan fingerprint density at radius 1 is 0.433 bits per heavy atom. The van der Waals surface area contributed by atoms with Crippen LogP contribution in [0.2, 0.25) is 0 Å². The summed E-state index contributed by atoms with van der Waals surface area (Å²) < 4.78 is 62.2. The first-order chi connectivity index (χ1) is 14.1. The van der Waals surface area contributed by atoms with Gasteiger partial charge in [-0.1, -0.05) is 72.8 Å². The summed E-state index contributed by atoms with van der Waals surface area (Å²) >= 11 is 0. The smallest absolute Gasteiger partial charge is 0.282 e. The van der Waals surface area contributed by atoms with Crippen LogP contribution in [0.1, 0.15) is 22.3 Å². The molecule has 3 aromatic carbocycles. The summed E-state index contributed by atoms with van der Waals surface area (Å²) in [5, 5.41) is 0. The van der Waals surface area contributed by atoms with Crippen LogP contribution in [-0.2, 0) is 20.2 Å². The van der Waals surface area contributed by atoms with Gasteiger partial charge < -0.3 is 0 Å². The Labute approximate surface area is 175 Å². The van der Waals surface area contributed by atoms with Crippen LogP contribution in [0.25, 0.3) is 24.3 Å². The van der Waals surface area contributed by atoms with E-state index in [9.17, 15) is 16.8 Å². The highest BCUT2D eigenvalue weighted by Crippen LogP contribution is 2.16. The van der Waals surface area contributed by atoms with E-state index in [4.69, 9.17) is 9.11 Å². The zero-order valence-corrected chi connectivity index (χ0v) is 17.2. The number of rotatable bonds is 6. The average molecular weight is 443 g/mol. The standard InChI is InChI=1S/C22H18O6S2/c23-29(24,25)21-13-9-19(10-14-21)7-5-17-1-2-18(4-3-17)6-8-20-11-15-22(16-12-20)30(26,27)28/h1-16H,(H,23,24,25)(H,26,27,28). The van der Waals surface area contributed by atoms with E-state index in [-0.39, 0.29) is 9.79 Å². The van der Waals surface area contributed by atoms with Crippen LogP contribution in [0.5, 0.6) is 0 Å². The molecule has 30 heavy (non-hydrogen) atoms. The molecule has 0 radical (unpaired) electrons. The Hall–Kier alpha value is -3.04. The molecule has 3 rings (SSSR count). The van der Waals surface area contributed by atoms with E-state index in [0.717, 1.165) is 22.3 Å². The van der Waals surface area contributed by atoms with E-state index in [1.807, 2.05) is 48.6 Å². The first kappa shape index (κ1) is 21.7. The maximum atomic E-state index is 11.1. The molecule has 0 aromatic heterocycles. The van der Waals surface area contributed by atoms with Crippen molar-refractivity contribution in [2.45, 2.75) is 9.79 Å². The lowest BCUT2D eigenvalue weighted by molar-refractivity contribution is 0.481. The monoisotopic (exact) mass is 442 g/mol. The zero-order chi connectivity index (χ0) is 21.8. The van der Waals surface area contributed by atoms with Crippen molar-refractivity contribution >= 4 is 44.5 Å². The third kappa shape index (κ3) is 5.98. The topological polar surface area (TPSA) is 109 Å². The van der Waals surface area contributed by atoms with Crippen molar-refractivity contribution in [3.63, 3.8) is 0 Å². The van der Waals surface area contributed by atoms with Crippen molar-refractivity contribution in [3.8, 4) is 0 Å². The van der Waals surface area contributed by atoms with E-state index in [0.29, 0.717) is 0 Å². The summed E-state index contributed by atoms with van der Waals surface area (Å²) in [4.78, 5) is -0.299. The number of hydrogen-bond donors (Lipinski definition) is 2. The predicted octanol–water partition coefficient (Wildman–Crippen LogP) is 4.52. The lowest BCUT2D eigenvalue weighted by Crippen LogP contribution is -1.97. The molecular weight excluding hydrogens is 424 g/mol. The second-order valence-electron chi connectivity index (χ2n) is 6.42. The van der Waals surface area contributed by atoms with Crippen molar-refractivity contribution in [2.24, 2.45) is 0 Å². The summed E-state index contributed by atoms with van der Waals surface area (Å²) in [6, 6.07) is 19.4. The fourth-order valence-electron chi connectivity index (χ4n) is 2.60. The highest BCUT2D eigenvalue weighted by Gasteiger charge is 2.08. The van der Waals surface area contributed by atoms with Crippen molar-refractivity contribution in [1.82, 2.24) is 0 Å². The Bertz CT molecular complexity index is 1180. The minimum Gasteiger partial charge on any atom is -0.282 e. The summed E-state index contributed by atoms with van der Waals surface area (Å²) in [5.41, 5.74) is 3.48. The Kier molecular flexibility index (Phi) is 6.33. The molecule has 0 saturated heterocycles. The van der Waals surface area contributed by atoms with E-state index in [2.05, 4.69) is 0 Å². The summed E-state index contributed by atoms with van der Waals surface area (Å²) in [6.45, 7) is 0. The molecule has 3 aromatic rings. The van der Waals surface area contributed by atoms with Crippen molar-refractivity contribution in [3.05, 3.63) is 95.1 Å². The van der Waals surface area contributed by atoms with Crippen LogP contribution in [-0.4, -0.2) is 25.9 Å². The van der Waals surface area contributed by atoms with E-state index >= 15 is 0 Å². The first-order valence-corrected chi connectivity index (χ1v) is 11.6. The van der Waals surface area contributed by atoms with Gasteiger partial charge in [0.25, 0.3) is 20.2 Å². The lowest BCUT2D eigenvalue weighted by Gasteiger charge is -2.00. The van der Waals surface area contributed by atoms with Crippen LogP contribution in [0.15, 0.2) is 82.6 Å². The first-order valence-electron chi connectivity index (χ1n) is 8.73. The molecule has 0 amide bonds. The number of hydrogen-bond acceptors (Lipinski definition) is 4. The van der Waals surface area contributed by atoms with Crippen LogP contribution >= 0.6 is 0 Å². The molecule has 0 heterocycles.